The van der Waals surface area contributed by atoms with Gasteiger partial charge >= 0.3 is 0 Å². The Labute approximate surface area is 127 Å². The first-order valence-electron chi connectivity index (χ1n) is 7.12. The van der Waals surface area contributed by atoms with E-state index in [0.29, 0.717) is 36.6 Å². The SMILES string of the molecule is NCc1cc(C(=O)N2CCOC(c3ccccc3F)C2)co1. The average molecular weight is 304 g/mol. The third-order valence-corrected chi connectivity index (χ3v) is 3.71. The molecule has 1 atom stereocenters. The van der Waals surface area contributed by atoms with Crippen LogP contribution in [0.25, 0.3) is 0 Å². The lowest BCUT2D eigenvalue weighted by Crippen LogP contribution is -2.42. The van der Waals surface area contributed by atoms with Crippen molar-refractivity contribution in [1.82, 2.24) is 4.90 Å². The van der Waals surface area contributed by atoms with Crippen LogP contribution < -0.4 is 5.73 Å². The van der Waals surface area contributed by atoms with Crippen molar-refractivity contribution >= 4 is 5.91 Å². The summed E-state index contributed by atoms with van der Waals surface area (Å²) >= 11 is 0. The molecule has 0 aliphatic carbocycles. The molecule has 22 heavy (non-hydrogen) atoms. The minimum atomic E-state index is -0.459. The molecular weight excluding hydrogens is 287 g/mol. The Morgan fingerprint density at radius 3 is 2.95 bits per heavy atom. The highest BCUT2D eigenvalue weighted by Gasteiger charge is 2.28. The van der Waals surface area contributed by atoms with E-state index < -0.39 is 6.10 Å². The number of nitrogens with two attached hydrogens (primary N) is 1. The number of benzene rings is 1. The number of amides is 1. The number of halogens is 1. The fourth-order valence-corrected chi connectivity index (χ4v) is 2.54. The highest BCUT2D eigenvalue weighted by molar-refractivity contribution is 5.94. The molecule has 1 saturated heterocycles. The number of ether oxygens (including phenoxy) is 1. The van der Waals surface area contributed by atoms with Crippen molar-refractivity contribution < 1.29 is 18.3 Å². The van der Waals surface area contributed by atoms with Gasteiger partial charge < -0.3 is 19.8 Å². The van der Waals surface area contributed by atoms with E-state index in [0.717, 1.165) is 0 Å². The Hall–Kier alpha value is -2.18. The maximum Gasteiger partial charge on any atom is 0.257 e. The van der Waals surface area contributed by atoms with Gasteiger partial charge in [-0.2, -0.15) is 0 Å². The monoisotopic (exact) mass is 304 g/mol. The maximum absolute atomic E-state index is 13.9. The van der Waals surface area contributed by atoms with Gasteiger partial charge in [-0.15, -0.1) is 0 Å². The van der Waals surface area contributed by atoms with Crippen LogP contribution in [-0.4, -0.2) is 30.5 Å². The Balaban J connectivity index is 1.75. The summed E-state index contributed by atoms with van der Waals surface area (Å²) in [6.07, 6.45) is 0.942. The smallest absolute Gasteiger partial charge is 0.257 e. The van der Waals surface area contributed by atoms with Gasteiger partial charge in [0.2, 0.25) is 0 Å². The van der Waals surface area contributed by atoms with Crippen molar-refractivity contribution in [3.05, 3.63) is 59.3 Å². The Morgan fingerprint density at radius 2 is 2.23 bits per heavy atom. The topological polar surface area (TPSA) is 68.7 Å². The molecule has 1 aliphatic rings. The summed E-state index contributed by atoms with van der Waals surface area (Å²) in [6.45, 7) is 1.39. The number of rotatable bonds is 3. The number of carbonyl (C=O) groups excluding carboxylic acids is 1. The van der Waals surface area contributed by atoms with Crippen LogP contribution in [0.1, 0.15) is 27.8 Å². The third kappa shape index (κ3) is 2.88. The van der Waals surface area contributed by atoms with E-state index in [-0.39, 0.29) is 18.3 Å². The van der Waals surface area contributed by atoms with Crippen LogP contribution >= 0.6 is 0 Å². The number of nitrogens with zero attached hydrogens (tertiary/aromatic N) is 1. The van der Waals surface area contributed by atoms with Crippen molar-refractivity contribution in [3.8, 4) is 0 Å². The molecule has 1 unspecified atom stereocenters. The third-order valence-electron chi connectivity index (χ3n) is 3.71. The lowest BCUT2D eigenvalue weighted by atomic mass is 10.1. The van der Waals surface area contributed by atoms with Gasteiger partial charge in [0.1, 0.15) is 23.9 Å². The maximum atomic E-state index is 13.9. The molecule has 1 fully saturated rings. The predicted molar refractivity (Wildman–Crippen MR) is 77.6 cm³/mol. The van der Waals surface area contributed by atoms with Gasteiger partial charge in [0, 0.05) is 12.1 Å². The zero-order valence-corrected chi connectivity index (χ0v) is 12.0. The van der Waals surface area contributed by atoms with E-state index in [2.05, 4.69) is 0 Å². The lowest BCUT2D eigenvalue weighted by molar-refractivity contribution is -0.0243. The Morgan fingerprint density at radius 1 is 1.41 bits per heavy atom. The summed E-state index contributed by atoms with van der Waals surface area (Å²) in [4.78, 5) is 14.1. The summed E-state index contributed by atoms with van der Waals surface area (Å²) < 4.78 is 24.7. The van der Waals surface area contributed by atoms with Gasteiger partial charge in [-0.3, -0.25) is 4.79 Å². The molecule has 0 saturated carbocycles. The average Bonchev–Trinajstić information content (AvgIpc) is 3.04. The van der Waals surface area contributed by atoms with Gasteiger partial charge in [-0.1, -0.05) is 18.2 Å². The number of carbonyl (C=O) groups is 1. The van der Waals surface area contributed by atoms with Gasteiger partial charge in [-0.25, -0.2) is 4.39 Å². The van der Waals surface area contributed by atoms with Gasteiger partial charge in [0.25, 0.3) is 5.91 Å². The van der Waals surface area contributed by atoms with Crippen molar-refractivity contribution in [1.29, 1.82) is 0 Å². The van der Waals surface area contributed by atoms with E-state index in [1.807, 2.05) is 0 Å². The van der Waals surface area contributed by atoms with E-state index in [1.165, 1.54) is 12.3 Å². The normalized spacial score (nSPS) is 18.5. The number of hydrogen-bond donors (Lipinski definition) is 1. The standard InChI is InChI=1S/C16H17FN2O3/c17-14-4-2-1-3-13(14)15-9-19(5-6-21-15)16(20)11-7-12(8-18)22-10-11/h1-4,7,10,15H,5-6,8-9,18H2. The fraction of sp³-hybridized carbons (Fsp3) is 0.312. The zero-order chi connectivity index (χ0) is 15.5. The second kappa shape index (κ2) is 6.29. The molecule has 0 radical (unpaired) electrons. The van der Waals surface area contributed by atoms with Crippen LogP contribution in [0.15, 0.2) is 41.0 Å². The molecule has 1 aromatic heterocycles. The summed E-state index contributed by atoms with van der Waals surface area (Å²) in [5.41, 5.74) is 6.40. The Bertz CT molecular complexity index is 671. The molecule has 2 N–H and O–H groups in total. The van der Waals surface area contributed by atoms with Crippen molar-refractivity contribution in [2.75, 3.05) is 19.7 Å². The van der Waals surface area contributed by atoms with Gasteiger partial charge in [0.05, 0.1) is 25.3 Å². The molecular formula is C16H17FN2O3. The highest BCUT2D eigenvalue weighted by Crippen LogP contribution is 2.25. The molecule has 2 heterocycles. The molecule has 1 amide bonds. The predicted octanol–water partition coefficient (Wildman–Crippen LogP) is 2.09. The quantitative estimate of drug-likeness (QED) is 0.942. The largest absolute Gasteiger partial charge is 0.467 e. The van der Waals surface area contributed by atoms with Crippen LogP contribution in [0.2, 0.25) is 0 Å². The van der Waals surface area contributed by atoms with E-state index in [9.17, 15) is 9.18 Å². The molecule has 0 bridgehead atoms. The van der Waals surface area contributed by atoms with E-state index in [4.69, 9.17) is 14.9 Å². The first kappa shape index (κ1) is 14.7. The number of hydrogen-bond acceptors (Lipinski definition) is 4. The first-order chi connectivity index (χ1) is 10.7. The summed E-state index contributed by atoms with van der Waals surface area (Å²) in [5, 5.41) is 0. The molecule has 5 nitrogen and oxygen atoms in total. The second-order valence-electron chi connectivity index (χ2n) is 5.14. The Kier molecular flexibility index (Phi) is 4.22. The van der Waals surface area contributed by atoms with Gasteiger partial charge in [0.15, 0.2) is 0 Å². The molecule has 1 aliphatic heterocycles. The minimum absolute atomic E-state index is 0.159. The van der Waals surface area contributed by atoms with Gasteiger partial charge in [-0.05, 0) is 12.1 Å². The molecule has 2 aromatic rings. The first-order valence-corrected chi connectivity index (χ1v) is 7.12. The van der Waals surface area contributed by atoms with Crippen molar-refractivity contribution in [3.63, 3.8) is 0 Å². The van der Waals surface area contributed by atoms with Crippen LogP contribution in [0.3, 0.4) is 0 Å². The molecule has 6 heteroatoms. The highest BCUT2D eigenvalue weighted by atomic mass is 19.1. The van der Waals surface area contributed by atoms with E-state index >= 15 is 0 Å². The molecule has 1 aromatic carbocycles. The number of morpholine rings is 1. The summed E-state index contributed by atoms with van der Waals surface area (Å²) in [5.74, 6) is 0.0749. The van der Waals surface area contributed by atoms with Crippen LogP contribution in [0.5, 0.6) is 0 Å². The fourth-order valence-electron chi connectivity index (χ4n) is 2.54. The van der Waals surface area contributed by atoms with E-state index in [1.54, 1.807) is 29.2 Å². The zero-order valence-electron chi connectivity index (χ0n) is 12.0. The van der Waals surface area contributed by atoms with Crippen molar-refractivity contribution in [2.45, 2.75) is 12.6 Å². The van der Waals surface area contributed by atoms with Crippen LogP contribution in [-0.2, 0) is 11.3 Å². The number of furan rings is 1. The molecule has 0 spiro atoms. The molecule has 116 valence electrons. The van der Waals surface area contributed by atoms with Crippen molar-refractivity contribution in [2.24, 2.45) is 5.73 Å². The van der Waals surface area contributed by atoms with Crippen LogP contribution in [0.4, 0.5) is 4.39 Å². The second-order valence-corrected chi connectivity index (χ2v) is 5.14. The van der Waals surface area contributed by atoms with Crippen LogP contribution in [0, 0.1) is 5.82 Å². The molecule has 3 rings (SSSR count). The summed E-state index contributed by atoms with van der Waals surface area (Å²) in [7, 11) is 0. The lowest BCUT2D eigenvalue weighted by Gasteiger charge is -2.33. The summed E-state index contributed by atoms with van der Waals surface area (Å²) in [6, 6.07) is 8.09. The minimum Gasteiger partial charge on any atom is -0.467 e.